The maximum absolute atomic E-state index is 11.1. The van der Waals surface area contributed by atoms with Gasteiger partial charge in [0.25, 0.3) is 0 Å². The van der Waals surface area contributed by atoms with Crippen molar-refractivity contribution in [3.8, 4) is 11.8 Å². The molecule has 1 N–H and O–H groups in total. The lowest BCUT2D eigenvalue weighted by molar-refractivity contribution is 0.415. The highest BCUT2D eigenvalue weighted by Gasteiger charge is 2.09. The second-order valence-corrected chi connectivity index (χ2v) is 5.29. The topological polar surface area (TPSA) is 62.1 Å². The van der Waals surface area contributed by atoms with Crippen molar-refractivity contribution in [3.05, 3.63) is 23.8 Å². The summed E-state index contributed by atoms with van der Waals surface area (Å²) in [6, 6.07) is 7.37. The first-order valence-corrected chi connectivity index (χ1v) is 6.94. The molecule has 0 aromatic heterocycles. The van der Waals surface area contributed by atoms with E-state index in [1.165, 1.54) is 0 Å². The van der Waals surface area contributed by atoms with Crippen LogP contribution < -0.4 is 10.1 Å². The zero-order valence-corrected chi connectivity index (χ0v) is 11.0. The van der Waals surface area contributed by atoms with Gasteiger partial charge < -0.3 is 10.1 Å². The Morgan fingerprint density at radius 1 is 1.59 bits per heavy atom. The molecule has 1 aromatic rings. The van der Waals surface area contributed by atoms with Crippen molar-refractivity contribution in [2.45, 2.75) is 13.0 Å². The minimum absolute atomic E-state index is 0.0417. The minimum atomic E-state index is -0.862. The van der Waals surface area contributed by atoms with Gasteiger partial charge in [0.1, 0.15) is 11.8 Å². The van der Waals surface area contributed by atoms with Crippen LogP contribution in [0.15, 0.2) is 18.2 Å². The van der Waals surface area contributed by atoms with Crippen molar-refractivity contribution in [2.75, 3.05) is 24.4 Å². The second kappa shape index (κ2) is 6.26. The van der Waals surface area contributed by atoms with Gasteiger partial charge >= 0.3 is 0 Å². The average Bonchev–Trinajstić information content (AvgIpc) is 2.27. The number of hydrogen-bond acceptors (Lipinski definition) is 4. The van der Waals surface area contributed by atoms with E-state index in [9.17, 15) is 4.21 Å². The highest BCUT2D eigenvalue weighted by atomic mass is 32.2. The molecule has 4 nitrogen and oxygen atoms in total. The van der Waals surface area contributed by atoms with Gasteiger partial charge in [-0.05, 0) is 19.1 Å². The molecule has 2 unspecified atom stereocenters. The molecule has 0 amide bonds. The number of nitrogens with one attached hydrogen (secondary N) is 1. The third-order valence-corrected chi connectivity index (χ3v) is 3.20. The summed E-state index contributed by atoms with van der Waals surface area (Å²) >= 11 is 0. The first-order valence-electron chi connectivity index (χ1n) is 5.21. The van der Waals surface area contributed by atoms with Crippen LogP contribution in [0.5, 0.6) is 5.75 Å². The van der Waals surface area contributed by atoms with Gasteiger partial charge in [-0.25, -0.2) is 0 Å². The van der Waals surface area contributed by atoms with Crippen molar-refractivity contribution in [1.82, 2.24) is 0 Å². The zero-order valence-electron chi connectivity index (χ0n) is 10.2. The van der Waals surface area contributed by atoms with Gasteiger partial charge in [-0.15, -0.1) is 0 Å². The Balaban J connectivity index is 2.88. The summed E-state index contributed by atoms with van der Waals surface area (Å²) in [7, 11) is 0.717. The van der Waals surface area contributed by atoms with Crippen LogP contribution in [-0.4, -0.2) is 29.4 Å². The first kappa shape index (κ1) is 13.5. The van der Waals surface area contributed by atoms with Crippen LogP contribution in [-0.2, 0) is 10.8 Å². The van der Waals surface area contributed by atoms with Gasteiger partial charge in [-0.1, -0.05) is 0 Å². The van der Waals surface area contributed by atoms with E-state index in [-0.39, 0.29) is 6.04 Å². The molecule has 92 valence electrons. The molecule has 1 rings (SSSR count). The van der Waals surface area contributed by atoms with E-state index in [0.29, 0.717) is 22.8 Å². The van der Waals surface area contributed by atoms with Crippen molar-refractivity contribution < 1.29 is 8.95 Å². The molecule has 17 heavy (non-hydrogen) atoms. The van der Waals surface area contributed by atoms with Crippen LogP contribution in [0.1, 0.15) is 12.5 Å². The number of ether oxygens (including phenoxy) is 1. The Hall–Kier alpha value is -1.54. The number of methoxy groups -OCH3 is 1. The van der Waals surface area contributed by atoms with Gasteiger partial charge in [-0.3, -0.25) is 4.21 Å². The highest BCUT2D eigenvalue weighted by Crippen LogP contribution is 2.22. The summed E-state index contributed by atoms with van der Waals surface area (Å²) in [6.07, 6.45) is 1.66. The van der Waals surface area contributed by atoms with Crippen LogP contribution in [0.3, 0.4) is 0 Å². The van der Waals surface area contributed by atoms with Gasteiger partial charge in [0.05, 0.1) is 18.4 Å². The van der Waals surface area contributed by atoms with Gasteiger partial charge in [0, 0.05) is 34.9 Å². The molecule has 0 aliphatic heterocycles. The standard InChI is InChI=1S/C12H16N2O2S/c1-9(8-17(3)15)14-12-6-11(16-2)5-4-10(12)7-13/h4-6,9,14H,8H2,1-3H3. The molecule has 0 aliphatic carbocycles. The number of hydrogen-bond donors (Lipinski definition) is 1. The highest BCUT2D eigenvalue weighted by molar-refractivity contribution is 7.84. The molecule has 0 spiro atoms. The Labute approximate surface area is 104 Å². The van der Waals surface area contributed by atoms with E-state index < -0.39 is 10.8 Å². The Morgan fingerprint density at radius 3 is 2.82 bits per heavy atom. The van der Waals surface area contributed by atoms with E-state index in [1.54, 1.807) is 31.6 Å². The van der Waals surface area contributed by atoms with E-state index in [4.69, 9.17) is 10.00 Å². The maximum atomic E-state index is 11.1. The lowest BCUT2D eigenvalue weighted by Gasteiger charge is -2.15. The Kier molecular flexibility index (Phi) is 4.98. The van der Waals surface area contributed by atoms with Crippen molar-refractivity contribution in [1.29, 1.82) is 5.26 Å². The fourth-order valence-corrected chi connectivity index (χ4v) is 2.31. The summed E-state index contributed by atoms with van der Waals surface area (Å²) < 4.78 is 16.2. The molecule has 5 heteroatoms. The average molecular weight is 252 g/mol. The SMILES string of the molecule is COc1ccc(C#N)c(NC(C)CS(C)=O)c1. The molecule has 0 fully saturated rings. The normalized spacial score (nSPS) is 13.5. The smallest absolute Gasteiger partial charge is 0.121 e. The Morgan fingerprint density at radius 2 is 2.29 bits per heavy atom. The number of rotatable bonds is 5. The molecule has 0 aliphatic rings. The summed E-state index contributed by atoms with van der Waals surface area (Å²) in [5.41, 5.74) is 1.27. The van der Waals surface area contributed by atoms with E-state index in [2.05, 4.69) is 11.4 Å². The van der Waals surface area contributed by atoms with Crippen LogP contribution in [0, 0.1) is 11.3 Å². The monoisotopic (exact) mass is 252 g/mol. The molecular weight excluding hydrogens is 236 g/mol. The van der Waals surface area contributed by atoms with E-state index >= 15 is 0 Å². The van der Waals surface area contributed by atoms with Gasteiger partial charge in [0.15, 0.2) is 0 Å². The van der Waals surface area contributed by atoms with Crippen molar-refractivity contribution >= 4 is 16.5 Å². The van der Waals surface area contributed by atoms with Gasteiger partial charge in [-0.2, -0.15) is 5.26 Å². The number of anilines is 1. The van der Waals surface area contributed by atoms with Crippen molar-refractivity contribution in [2.24, 2.45) is 0 Å². The minimum Gasteiger partial charge on any atom is -0.497 e. The predicted octanol–water partition coefficient (Wildman–Crippen LogP) is 1.75. The molecular formula is C12H16N2O2S. The third kappa shape index (κ3) is 4.08. The summed E-state index contributed by atoms with van der Waals surface area (Å²) in [6.45, 7) is 1.93. The largest absolute Gasteiger partial charge is 0.497 e. The molecule has 2 atom stereocenters. The van der Waals surface area contributed by atoms with Crippen LogP contribution in [0.4, 0.5) is 5.69 Å². The molecule has 0 saturated carbocycles. The summed E-state index contributed by atoms with van der Waals surface area (Å²) in [4.78, 5) is 0. The number of nitrogens with zero attached hydrogens (tertiary/aromatic N) is 1. The number of nitriles is 1. The maximum Gasteiger partial charge on any atom is 0.121 e. The van der Waals surface area contributed by atoms with Crippen molar-refractivity contribution in [3.63, 3.8) is 0 Å². The molecule has 0 saturated heterocycles. The van der Waals surface area contributed by atoms with E-state index in [1.807, 2.05) is 6.92 Å². The quantitative estimate of drug-likeness (QED) is 0.867. The fraction of sp³-hybridized carbons (Fsp3) is 0.417. The molecule has 0 radical (unpaired) electrons. The lowest BCUT2D eigenvalue weighted by atomic mass is 10.1. The second-order valence-electron chi connectivity index (χ2n) is 3.81. The Bertz CT molecular complexity index is 454. The van der Waals surface area contributed by atoms with Crippen LogP contribution in [0.25, 0.3) is 0 Å². The fourth-order valence-electron chi connectivity index (χ4n) is 1.53. The summed E-state index contributed by atoms with van der Waals surface area (Å²) in [5.74, 6) is 1.23. The lowest BCUT2D eigenvalue weighted by Crippen LogP contribution is -2.22. The third-order valence-electron chi connectivity index (χ3n) is 2.23. The molecule has 0 bridgehead atoms. The molecule has 0 heterocycles. The van der Waals surface area contributed by atoms with Gasteiger partial charge in [0.2, 0.25) is 0 Å². The molecule has 1 aromatic carbocycles. The predicted molar refractivity (Wildman–Crippen MR) is 69.7 cm³/mol. The van der Waals surface area contributed by atoms with Crippen LogP contribution in [0.2, 0.25) is 0 Å². The van der Waals surface area contributed by atoms with Crippen LogP contribution >= 0.6 is 0 Å². The summed E-state index contributed by atoms with van der Waals surface area (Å²) in [5, 5.41) is 12.2. The van der Waals surface area contributed by atoms with E-state index in [0.717, 1.165) is 0 Å². The number of benzene rings is 1. The first-order chi connectivity index (χ1) is 8.06. The zero-order chi connectivity index (χ0) is 12.8.